The van der Waals surface area contributed by atoms with Gasteiger partial charge in [0, 0.05) is 19.4 Å². The molecule has 1 heterocycles. The molecule has 1 N–H and O–H groups in total. The van der Waals surface area contributed by atoms with Crippen LogP contribution < -0.4 is 33.7 Å². The van der Waals surface area contributed by atoms with Crippen molar-refractivity contribution >= 4 is 25.6 Å². The van der Waals surface area contributed by atoms with E-state index in [-0.39, 0.29) is 12.5 Å². The summed E-state index contributed by atoms with van der Waals surface area (Å²) < 4.78 is 39.1. The number of esters is 1. The fourth-order valence-corrected chi connectivity index (χ4v) is 5.91. The molecule has 3 atom stereocenters. The molecule has 0 spiro atoms. The van der Waals surface area contributed by atoms with Gasteiger partial charge in [0.2, 0.25) is 11.7 Å². The summed E-state index contributed by atoms with van der Waals surface area (Å²) in [6.07, 6.45) is 2.10. The van der Waals surface area contributed by atoms with Gasteiger partial charge in [0.05, 0.1) is 43.4 Å². The van der Waals surface area contributed by atoms with Crippen molar-refractivity contribution in [2.45, 2.75) is 50.1 Å². The molecule has 2 amide bonds. The van der Waals surface area contributed by atoms with Crippen LogP contribution in [0.4, 0.5) is 0 Å². The van der Waals surface area contributed by atoms with Crippen LogP contribution in [-0.2, 0) is 25.5 Å². The molecule has 1 aliphatic rings. The molecule has 0 aliphatic carbocycles. The zero-order valence-corrected chi connectivity index (χ0v) is 29.5. The molecular weight excluding hydrogens is 643 g/mol. The smallest absolute Gasteiger partial charge is 0.329 e. The second-order valence-corrected chi connectivity index (χ2v) is 11.7. The van der Waals surface area contributed by atoms with Crippen molar-refractivity contribution in [2.24, 2.45) is 0 Å². The summed E-state index contributed by atoms with van der Waals surface area (Å²) in [6.45, 7) is 0.178. The average Bonchev–Trinajstić information content (AvgIpc) is 3.16. The Bertz CT molecular complexity index is 1610. The number of rotatable bonds is 16. The SMILES string of the molecule is [B][C@H](C(=O)N1CCCC[C@H]1C(=O)O[C@H](CCc1ccc(OC)c(OC)c1)c1cccc(OCC(=O)NC)c1)c1cc(OC)c(OC)c(OC)c1. The van der Waals surface area contributed by atoms with Gasteiger partial charge in [-0.2, -0.15) is 0 Å². The molecule has 0 bridgehead atoms. The third kappa shape index (κ3) is 9.13. The van der Waals surface area contributed by atoms with Gasteiger partial charge >= 0.3 is 5.97 Å². The molecule has 0 unspecified atom stereocenters. The van der Waals surface area contributed by atoms with Crippen LogP contribution in [-0.4, -0.2) is 92.3 Å². The fraction of sp³-hybridized carbons (Fsp3) is 0.432. The quantitative estimate of drug-likeness (QED) is 0.171. The molecule has 1 saturated heterocycles. The lowest BCUT2D eigenvalue weighted by atomic mass is 9.79. The van der Waals surface area contributed by atoms with Gasteiger partial charge in [0.1, 0.15) is 17.9 Å². The van der Waals surface area contributed by atoms with Gasteiger partial charge in [0.25, 0.3) is 5.91 Å². The summed E-state index contributed by atoms with van der Waals surface area (Å²) in [7, 11) is 15.7. The number of piperidine rings is 1. The lowest BCUT2D eigenvalue weighted by Crippen LogP contribution is -2.50. The number of hydrogen-bond donors (Lipinski definition) is 1. The average molecular weight is 689 g/mol. The first-order valence-corrected chi connectivity index (χ1v) is 16.4. The van der Waals surface area contributed by atoms with Crippen molar-refractivity contribution in [3.05, 3.63) is 71.3 Å². The third-order valence-electron chi connectivity index (χ3n) is 8.65. The number of methoxy groups -OCH3 is 5. The monoisotopic (exact) mass is 688 g/mol. The summed E-state index contributed by atoms with van der Waals surface area (Å²) in [5, 5.41) is 2.53. The van der Waals surface area contributed by atoms with Crippen molar-refractivity contribution in [2.75, 3.05) is 55.7 Å². The van der Waals surface area contributed by atoms with Crippen LogP contribution in [0, 0.1) is 0 Å². The number of carbonyl (C=O) groups excluding carboxylic acids is 3. The maximum absolute atomic E-state index is 14.0. The number of hydrogen-bond acceptors (Lipinski definition) is 10. The molecule has 4 rings (SSSR count). The number of carbonyl (C=O) groups is 3. The van der Waals surface area contributed by atoms with Crippen LogP contribution in [0.1, 0.15) is 54.3 Å². The van der Waals surface area contributed by atoms with Gasteiger partial charge in [-0.25, -0.2) is 4.79 Å². The summed E-state index contributed by atoms with van der Waals surface area (Å²) in [6, 6.07) is 15.1. The van der Waals surface area contributed by atoms with Crippen LogP contribution >= 0.6 is 0 Å². The number of nitrogens with zero attached hydrogens (tertiary/aromatic N) is 1. The minimum absolute atomic E-state index is 0.165. The highest BCUT2D eigenvalue weighted by molar-refractivity contribution is 6.24. The first-order chi connectivity index (χ1) is 24.2. The van der Waals surface area contributed by atoms with Crippen LogP contribution in [0.15, 0.2) is 54.6 Å². The Morgan fingerprint density at radius 3 is 2.18 bits per heavy atom. The number of amides is 2. The second kappa shape index (κ2) is 18.1. The van der Waals surface area contributed by atoms with Crippen molar-refractivity contribution in [1.82, 2.24) is 10.2 Å². The van der Waals surface area contributed by atoms with E-state index in [1.54, 1.807) is 44.6 Å². The molecule has 0 aromatic heterocycles. The predicted octanol–water partition coefficient (Wildman–Crippen LogP) is 4.36. The van der Waals surface area contributed by atoms with E-state index in [0.717, 1.165) is 12.0 Å². The van der Waals surface area contributed by atoms with E-state index < -0.39 is 29.8 Å². The van der Waals surface area contributed by atoms with E-state index in [4.69, 9.17) is 41.0 Å². The van der Waals surface area contributed by atoms with E-state index in [2.05, 4.69) is 5.32 Å². The Kier molecular flexibility index (Phi) is 13.6. The van der Waals surface area contributed by atoms with Gasteiger partial charge in [-0.05, 0) is 85.2 Å². The number of nitrogens with one attached hydrogen (secondary N) is 1. The second-order valence-electron chi connectivity index (χ2n) is 11.7. The molecule has 50 heavy (non-hydrogen) atoms. The normalized spacial score (nSPS) is 15.2. The fourth-order valence-electron chi connectivity index (χ4n) is 5.91. The Hall–Kier alpha value is -5.07. The summed E-state index contributed by atoms with van der Waals surface area (Å²) in [5.74, 6) is 0.387. The number of likely N-dealkylation sites (N-methyl/N-ethyl adjacent to an activating group) is 1. The molecule has 2 radical (unpaired) electrons. The number of likely N-dealkylation sites (tertiary alicyclic amines) is 1. The molecule has 13 heteroatoms. The number of ether oxygens (including phenoxy) is 7. The number of aryl methyl sites for hydroxylation is 1. The summed E-state index contributed by atoms with van der Waals surface area (Å²) >= 11 is 0. The molecule has 3 aromatic rings. The van der Waals surface area contributed by atoms with Crippen LogP contribution in [0.25, 0.3) is 0 Å². The standard InChI is InChI=1S/C37H45BN2O10/c1-39-33(41)22-49-26-11-9-10-24(19-26)28(15-13-23-14-16-29(44-2)30(18-23)45-3)50-37(43)27-12-7-8-17-40(27)36(42)34(38)25-20-31(46-4)35(48-6)32(21-25)47-5/h9-11,14,16,18-21,27-28,34H,7-8,12-13,15,17,22H2,1-6H3,(H,39,41)/t27-,28+,34-/m0/s1. The molecular formula is C37H45BN2O10. The minimum atomic E-state index is -1.10. The van der Waals surface area contributed by atoms with Gasteiger partial charge in [-0.1, -0.05) is 18.2 Å². The minimum Gasteiger partial charge on any atom is -0.493 e. The maximum Gasteiger partial charge on any atom is 0.329 e. The van der Waals surface area contributed by atoms with Gasteiger partial charge in [-0.15, -0.1) is 0 Å². The van der Waals surface area contributed by atoms with E-state index >= 15 is 0 Å². The van der Waals surface area contributed by atoms with Gasteiger partial charge in [-0.3, -0.25) is 9.59 Å². The van der Waals surface area contributed by atoms with Crippen molar-refractivity contribution in [3.8, 4) is 34.5 Å². The highest BCUT2D eigenvalue weighted by Crippen LogP contribution is 2.40. The summed E-state index contributed by atoms with van der Waals surface area (Å²) in [4.78, 5) is 41.3. The molecule has 0 saturated carbocycles. The Morgan fingerprint density at radius 1 is 0.840 bits per heavy atom. The molecule has 12 nitrogen and oxygen atoms in total. The Balaban J connectivity index is 1.59. The first kappa shape index (κ1) is 37.7. The van der Waals surface area contributed by atoms with Crippen molar-refractivity contribution in [1.29, 1.82) is 0 Å². The Morgan fingerprint density at radius 2 is 1.54 bits per heavy atom. The zero-order chi connectivity index (χ0) is 36.2. The van der Waals surface area contributed by atoms with E-state index in [1.807, 2.05) is 24.3 Å². The topological polar surface area (TPSA) is 131 Å². The van der Waals surface area contributed by atoms with Crippen molar-refractivity contribution in [3.63, 3.8) is 0 Å². The largest absolute Gasteiger partial charge is 0.493 e. The zero-order valence-electron chi connectivity index (χ0n) is 29.5. The lowest BCUT2D eigenvalue weighted by molar-refractivity contribution is -0.162. The molecule has 3 aromatic carbocycles. The molecule has 1 fully saturated rings. The van der Waals surface area contributed by atoms with E-state index in [1.165, 1.54) is 33.3 Å². The van der Waals surface area contributed by atoms with E-state index in [0.29, 0.717) is 77.9 Å². The summed E-state index contributed by atoms with van der Waals surface area (Å²) in [5.41, 5.74) is 2.07. The van der Waals surface area contributed by atoms with Crippen molar-refractivity contribution < 1.29 is 47.5 Å². The lowest BCUT2D eigenvalue weighted by Gasteiger charge is -2.37. The first-order valence-electron chi connectivity index (χ1n) is 16.4. The van der Waals surface area contributed by atoms with Crippen LogP contribution in [0.2, 0.25) is 0 Å². The molecule has 266 valence electrons. The van der Waals surface area contributed by atoms with Gasteiger partial charge in [0.15, 0.2) is 29.6 Å². The Labute approximate surface area is 294 Å². The highest BCUT2D eigenvalue weighted by atomic mass is 16.5. The highest BCUT2D eigenvalue weighted by Gasteiger charge is 2.37. The molecule has 1 aliphatic heterocycles. The number of benzene rings is 3. The maximum atomic E-state index is 14.0. The third-order valence-corrected chi connectivity index (χ3v) is 8.65. The van der Waals surface area contributed by atoms with Crippen LogP contribution in [0.3, 0.4) is 0 Å². The van der Waals surface area contributed by atoms with Gasteiger partial charge < -0.3 is 43.4 Å². The van der Waals surface area contributed by atoms with E-state index in [9.17, 15) is 14.4 Å². The predicted molar refractivity (Wildman–Crippen MR) is 187 cm³/mol. The van der Waals surface area contributed by atoms with Crippen LogP contribution in [0.5, 0.6) is 34.5 Å².